The second-order valence-electron chi connectivity index (χ2n) is 3.56. The lowest BCUT2D eigenvalue weighted by Gasteiger charge is -2.06. The highest BCUT2D eigenvalue weighted by Gasteiger charge is 2.01. The molecule has 85 valence electrons. The second kappa shape index (κ2) is 5.16. The Morgan fingerprint density at radius 3 is 2.71 bits per heavy atom. The van der Waals surface area contributed by atoms with Gasteiger partial charge in [-0.1, -0.05) is 36.4 Å². The Kier molecular flexibility index (Phi) is 3.40. The van der Waals surface area contributed by atoms with Gasteiger partial charge in [0.15, 0.2) is 6.61 Å². The minimum atomic E-state index is -0.487. The van der Waals surface area contributed by atoms with Crippen molar-refractivity contribution in [3.63, 3.8) is 0 Å². The van der Waals surface area contributed by atoms with Crippen LogP contribution < -0.4 is 10.5 Å². The highest BCUT2D eigenvalue weighted by molar-refractivity contribution is 5.75. The van der Waals surface area contributed by atoms with Gasteiger partial charge in [-0.3, -0.25) is 4.79 Å². The van der Waals surface area contributed by atoms with E-state index in [1.54, 1.807) is 12.1 Å². The van der Waals surface area contributed by atoms with E-state index in [-0.39, 0.29) is 6.61 Å². The molecule has 0 aliphatic rings. The fourth-order valence-corrected chi connectivity index (χ4v) is 1.47. The Hall–Kier alpha value is -2.29. The Labute approximate surface area is 99.8 Å². The van der Waals surface area contributed by atoms with E-state index < -0.39 is 5.91 Å². The van der Waals surface area contributed by atoms with Gasteiger partial charge in [-0.2, -0.15) is 0 Å². The number of ether oxygens (including phenoxy) is 1. The van der Waals surface area contributed by atoms with Crippen LogP contribution in [0.4, 0.5) is 0 Å². The molecule has 0 saturated carbocycles. The smallest absolute Gasteiger partial charge is 0.255 e. The lowest BCUT2D eigenvalue weighted by Crippen LogP contribution is -2.19. The lowest BCUT2D eigenvalue weighted by molar-refractivity contribution is -0.119. The number of hydrogen-bond acceptors (Lipinski definition) is 2. The van der Waals surface area contributed by atoms with Crippen molar-refractivity contribution in [2.45, 2.75) is 0 Å². The number of hydrogen-bond donors (Lipinski definition) is 1. The summed E-state index contributed by atoms with van der Waals surface area (Å²) in [6.07, 6.45) is 0. The summed E-state index contributed by atoms with van der Waals surface area (Å²) in [4.78, 5) is 10.6. The van der Waals surface area contributed by atoms with Crippen LogP contribution in [0.3, 0.4) is 0 Å². The van der Waals surface area contributed by atoms with Crippen molar-refractivity contribution in [3.8, 4) is 16.9 Å². The molecule has 2 aromatic rings. The molecule has 0 aromatic heterocycles. The first kappa shape index (κ1) is 11.2. The SMILES string of the molecule is NC(=O)COc1cc[c]c(-c2ccccc2)c1. The van der Waals surface area contributed by atoms with Gasteiger partial charge in [0.1, 0.15) is 5.75 Å². The molecule has 1 radical (unpaired) electrons. The summed E-state index contributed by atoms with van der Waals surface area (Å²) >= 11 is 0. The molecule has 3 heteroatoms. The molecule has 17 heavy (non-hydrogen) atoms. The molecule has 2 aromatic carbocycles. The Balaban J connectivity index is 2.20. The van der Waals surface area contributed by atoms with E-state index in [1.807, 2.05) is 36.4 Å². The average molecular weight is 226 g/mol. The van der Waals surface area contributed by atoms with Crippen LogP contribution in [0.2, 0.25) is 0 Å². The molecule has 1 amide bonds. The van der Waals surface area contributed by atoms with E-state index >= 15 is 0 Å². The normalized spacial score (nSPS) is 9.88. The Morgan fingerprint density at radius 1 is 1.24 bits per heavy atom. The molecule has 2 rings (SSSR count). The Bertz CT molecular complexity index is 509. The molecule has 0 heterocycles. The summed E-state index contributed by atoms with van der Waals surface area (Å²) in [7, 11) is 0. The number of carbonyl (C=O) groups is 1. The van der Waals surface area contributed by atoms with Gasteiger partial charge in [0.2, 0.25) is 0 Å². The standard InChI is InChI=1S/C14H12NO2/c15-14(16)10-17-13-8-4-7-12(9-13)11-5-2-1-3-6-11/h1-6,8-9H,10H2,(H2,15,16). The van der Waals surface area contributed by atoms with Crippen LogP contribution in [-0.2, 0) is 4.79 Å². The molecule has 0 saturated heterocycles. The van der Waals surface area contributed by atoms with Gasteiger partial charge in [-0.15, -0.1) is 0 Å². The van der Waals surface area contributed by atoms with Crippen LogP contribution in [0.5, 0.6) is 5.75 Å². The number of carbonyl (C=O) groups excluding carboxylic acids is 1. The van der Waals surface area contributed by atoms with Crippen LogP contribution >= 0.6 is 0 Å². The highest BCUT2D eigenvalue weighted by atomic mass is 16.5. The first-order chi connectivity index (χ1) is 8.25. The number of primary amides is 1. The van der Waals surface area contributed by atoms with E-state index in [2.05, 4.69) is 6.07 Å². The molecule has 0 aliphatic carbocycles. The van der Waals surface area contributed by atoms with Crippen LogP contribution in [-0.4, -0.2) is 12.5 Å². The van der Waals surface area contributed by atoms with E-state index in [9.17, 15) is 4.79 Å². The average Bonchev–Trinajstić information content (AvgIpc) is 2.38. The van der Waals surface area contributed by atoms with Gasteiger partial charge in [-0.25, -0.2) is 0 Å². The van der Waals surface area contributed by atoms with Gasteiger partial charge < -0.3 is 10.5 Å². The van der Waals surface area contributed by atoms with E-state index in [4.69, 9.17) is 10.5 Å². The summed E-state index contributed by atoms with van der Waals surface area (Å²) in [5, 5.41) is 0. The maximum Gasteiger partial charge on any atom is 0.255 e. The maximum absolute atomic E-state index is 10.6. The molecule has 3 nitrogen and oxygen atoms in total. The first-order valence-electron chi connectivity index (χ1n) is 5.24. The summed E-state index contributed by atoms with van der Waals surface area (Å²) in [6, 6.07) is 18.3. The summed E-state index contributed by atoms with van der Waals surface area (Å²) in [6.45, 7) is -0.113. The zero-order chi connectivity index (χ0) is 12.1. The zero-order valence-electron chi connectivity index (χ0n) is 9.22. The maximum atomic E-state index is 10.6. The van der Waals surface area contributed by atoms with Crippen molar-refractivity contribution >= 4 is 5.91 Å². The molecular weight excluding hydrogens is 214 g/mol. The fourth-order valence-electron chi connectivity index (χ4n) is 1.47. The van der Waals surface area contributed by atoms with Crippen molar-refractivity contribution in [2.75, 3.05) is 6.61 Å². The third kappa shape index (κ3) is 3.08. The van der Waals surface area contributed by atoms with Crippen molar-refractivity contribution in [3.05, 3.63) is 54.6 Å². The quantitative estimate of drug-likeness (QED) is 0.867. The van der Waals surface area contributed by atoms with Crippen molar-refractivity contribution in [1.82, 2.24) is 0 Å². The minimum absolute atomic E-state index is 0.113. The van der Waals surface area contributed by atoms with Gasteiger partial charge >= 0.3 is 0 Å². The van der Waals surface area contributed by atoms with Crippen LogP contribution in [0.1, 0.15) is 0 Å². The molecule has 0 unspecified atom stereocenters. The fraction of sp³-hybridized carbons (Fsp3) is 0.0714. The summed E-state index contributed by atoms with van der Waals surface area (Å²) < 4.78 is 5.24. The van der Waals surface area contributed by atoms with Crippen LogP contribution in [0, 0.1) is 6.07 Å². The third-order valence-corrected chi connectivity index (χ3v) is 2.24. The van der Waals surface area contributed by atoms with Crippen molar-refractivity contribution < 1.29 is 9.53 Å². The number of rotatable bonds is 4. The van der Waals surface area contributed by atoms with Gasteiger partial charge in [0.25, 0.3) is 5.91 Å². The lowest BCUT2D eigenvalue weighted by atomic mass is 10.1. The second-order valence-corrected chi connectivity index (χ2v) is 3.56. The molecule has 0 aliphatic heterocycles. The predicted octanol–water partition coefficient (Wildman–Crippen LogP) is 2.02. The van der Waals surface area contributed by atoms with Crippen LogP contribution in [0.15, 0.2) is 48.5 Å². The number of nitrogens with two attached hydrogens (primary N) is 1. The monoisotopic (exact) mass is 226 g/mol. The molecule has 0 spiro atoms. The molecule has 0 atom stereocenters. The third-order valence-electron chi connectivity index (χ3n) is 2.24. The molecule has 2 N–H and O–H groups in total. The highest BCUT2D eigenvalue weighted by Crippen LogP contribution is 2.22. The largest absolute Gasteiger partial charge is 0.484 e. The topological polar surface area (TPSA) is 52.3 Å². The molecule has 0 fully saturated rings. The first-order valence-corrected chi connectivity index (χ1v) is 5.24. The van der Waals surface area contributed by atoms with Crippen molar-refractivity contribution in [2.24, 2.45) is 5.73 Å². The van der Waals surface area contributed by atoms with Gasteiger partial charge in [0, 0.05) is 0 Å². The van der Waals surface area contributed by atoms with E-state index in [0.29, 0.717) is 5.75 Å². The summed E-state index contributed by atoms with van der Waals surface area (Å²) in [5.74, 6) is 0.125. The minimum Gasteiger partial charge on any atom is -0.484 e. The number of amides is 1. The predicted molar refractivity (Wildman–Crippen MR) is 65.4 cm³/mol. The molecular formula is C14H12NO2. The van der Waals surface area contributed by atoms with Crippen molar-refractivity contribution in [1.29, 1.82) is 0 Å². The van der Waals surface area contributed by atoms with E-state index in [1.165, 1.54) is 0 Å². The number of benzene rings is 2. The molecule has 0 bridgehead atoms. The summed E-state index contributed by atoms with van der Waals surface area (Å²) in [5.41, 5.74) is 6.99. The van der Waals surface area contributed by atoms with Crippen LogP contribution in [0.25, 0.3) is 11.1 Å². The zero-order valence-corrected chi connectivity index (χ0v) is 9.22. The van der Waals surface area contributed by atoms with Gasteiger partial charge in [0.05, 0.1) is 0 Å². The van der Waals surface area contributed by atoms with E-state index in [0.717, 1.165) is 11.1 Å². The Morgan fingerprint density at radius 2 is 2.00 bits per heavy atom. The van der Waals surface area contributed by atoms with Gasteiger partial charge in [-0.05, 0) is 29.3 Å².